The number of nitrogens with one attached hydrogen (secondary N) is 1. The molecule has 3 heteroatoms. The van der Waals surface area contributed by atoms with Crippen molar-refractivity contribution in [3.8, 4) is 0 Å². The van der Waals surface area contributed by atoms with Crippen LogP contribution in [0.5, 0.6) is 0 Å². The quantitative estimate of drug-likeness (QED) is 0.813. The molecule has 1 unspecified atom stereocenters. The molecule has 17 heavy (non-hydrogen) atoms. The molecule has 3 nitrogen and oxygen atoms in total. The summed E-state index contributed by atoms with van der Waals surface area (Å²) in [5.74, 6) is 0.257. The first kappa shape index (κ1) is 12.4. The van der Waals surface area contributed by atoms with Gasteiger partial charge in [0.25, 0.3) is 0 Å². The minimum Gasteiger partial charge on any atom is -0.362 e. The summed E-state index contributed by atoms with van der Waals surface area (Å²) >= 11 is 0. The van der Waals surface area contributed by atoms with Gasteiger partial charge in [-0.2, -0.15) is 0 Å². The van der Waals surface area contributed by atoms with Gasteiger partial charge in [-0.05, 0) is 45.7 Å². The normalized spacial score (nSPS) is 21.0. The molecule has 0 spiro atoms. The van der Waals surface area contributed by atoms with Gasteiger partial charge in [0.05, 0.1) is 6.54 Å². The first-order chi connectivity index (χ1) is 8.11. The van der Waals surface area contributed by atoms with Crippen LogP contribution in [0.3, 0.4) is 0 Å². The molecule has 1 aromatic rings. The highest BCUT2D eigenvalue weighted by Crippen LogP contribution is 2.20. The molecule has 1 aliphatic rings. The molecule has 1 N–H and O–H groups in total. The molecule has 0 amide bonds. The van der Waals surface area contributed by atoms with Crippen molar-refractivity contribution in [2.45, 2.75) is 46.1 Å². The first-order valence-corrected chi connectivity index (χ1v) is 6.55. The van der Waals surface area contributed by atoms with E-state index in [1.165, 1.54) is 12.8 Å². The van der Waals surface area contributed by atoms with Gasteiger partial charge in [0.2, 0.25) is 0 Å². The summed E-state index contributed by atoms with van der Waals surface area (Å²) in [4.78, 5) is 17.8. The molecule has 2 rings (SSSR count). The monoisotopic (exact) mass is 234 g/mol. The lowest BCUT2D eigenvalue weighted by Gasteiger charge is -2.22. The number of likely N-dealkylation sites (tertiary alicyclic amines) is 1. The van der Waals surface area contributed by atoms with E-state index in [0.717, 1.165) is 29.9 Å². The van der Waals surface area contributed by atoms with Gasteiger partial charge in [-0.25, -0.2) is 0 Å². The standard InChI is InChI=1S/C14H22N2O/c1-4-12-6-5-7-16(12)9-14(17)13-8-10(2)15-11(13)3/h8,12,15H,4-7,9H2,1-3H3. The third kappa shape index (κ3) is 2.60. The van der Waals surface area contributed by atoms with Crippen molar-refractivity contribution in [2.75, 3.05) is 13.1 Å². The van der Waals surface area contributed by atoms with E-state index in [1.807, 2.05) is 19.9 Å². The van der Waals surface area contributed by atoms with Crippen LogP contribution in [0.2, 0.25) is 0 Å². The van der Waals surface area contributed by atoms with Gasteiger partial charge in [-0.1, -0.05) is 6.92 Å². The second kappa shape index (κ2) is 5.05. The van der Waals surface area contributed by atoms with Crippen LogP contribution >= 0.6 is 0 Å². The van der Waals surface area contributed by atoms with Gasteiger partial charge in [0, 0.05) is 23.0 Å². The van der Waals surface area contributed by atoms with E-state index in [1.54, 1.807) is 0 Å². The van der Waals surface area contributed by atoms with E-state index in [0.29, 0.717) is 12.6 Å². The molecule has 1 saturated heterocycles. The van der Waals surface area contributed by atoms with Crippen LogP contribution in [0.25, 0.3) is 0 Å². The highest BCUT2D eigenvalue weighted by molar-refractivity contribution is 5.98. The van der Waals surface area contributed by atoms with Gasteiger partial charge in [-0.3, -0.25) is 9.69 Å². The maximum Gasteiger partial charge on any atom is 0.178 e. The minimum atomic E-state index is 0.257. The molecule has 94 valence electrons. The summed E-state index contributed by atoms with van der Waals surface area (Å²) in [5, 5.41) is 0. The molecular formula is C14H22N2O. The number of nitrogens with zero attached hydrogens (tertiary/aromatic N) is 1. The van der Waals surface area contributed by atoms with Gasteiger partial charge in [0.15, 0.2) is 5.78 Å². The number of hydrogen-bond acceptors (Lipinski definition) is 2. The Hall–Kier alpha value is -1.09. The van der Waals surface area contributed by atoms with E-state index < -0.39 is 0 Å². The number of rotatable bonds is 4. The second-order valence-corrected chi connectivity index (χ2v) is 5.09. The minimum absolute atomic E-state index is 0.257. The van der Waals surface area contributed by atoms with E-state index in [2.05, 4.69) is 16.8 Å². The van der Waals surface area contributed by atoms with Gasteiger partial charge in [0.1, 0.15) is 0 Å². The van der Waals surface area contributed by atoms with Crippen LogP contribution in [0.15, 0.2) is 6.07 Å². The molecule has 2 heterocycles. The number of aryl methyl sites for hydroxylation is 2. The summed E-state index contributed by atoms with van der Waals surface area (Å²) in [7, 11) is 0. The van der Waals surface area contributed by atoms with Crippen molar-refractivity contribution < 1.29 is 4.79 Å². The van der Waals surface area contributed by atoms with Gasteiger partial charge < -0.3 is 4.98 Å². The van der Waals surface area contributed by atoms with E-state index in [-0.39, 0.29) is 5.78 Å². The van der Waals surface area contributed by atoms with Gasteiger partial charge >= 0.3 is 0 Å². The number of carbonyl (C=O) groups excluding carboxylic acids is 1. The molecule has 0 aromatic carbocycles. The third-order valence-electron chi connectivity index (χ3n) is 3.77. The third-order valence-corrected chi connectivity index (χ3v) is 3.77. The summed E-state index contributed by atoms with van der Waals surface area (Å²) in [6, 6.07) is 2.58. The molecule has 1 atom stereocenters. The van der Waals surface area contributed by atoms with Crippen LogP contribution in [-0.4, -0.2) is 34.8 Å². The van der Waals surface area contributed by atoms with Crippen molar-refractivity contribution in [3.63, 3.8) is 0 Å². The van der Waals surface area contributed by atoms with Crippen LogP contribution in [-0.2, 0) is 0 Å². The summed E-state index contributed by atoms with van der Waals surface area (Å²) in [5.41, 5.74) is 2.93. The fourth-order valence-electron chi connectivity index (χ4n) is 2.85. The lowest BCUT2D eigenvalue weighted by Crippen LogP contribution is -2.34. The SMILES string of the molecule is CCC1CCCN1CC(=O)c1cc(C)[nH]c1C. The molecule has 1 aromatic heterocycles. The molecule has 0 saturated carbocycles. The molecule has 0 bridgehead atoms. The highest BCUT2D eigenvalue weighted by Gasteiger charge is 2.25. The topological polar surface area (TPSA) is 36.1 Å². The Labute approximate surface area is 103 Å². The molecular weight excluding hydrogens is 212 g/mol. The Bertz CT molecular complexity index is 408. The number of aromatic amines is 1. The summed E-state index contributed by atoms with van der Waals surface area (Å²) < 4.78 is 0. The first-order valence-electron chi connectivity index (χ1n) is 6.55. The zero-order valence-electron chi connectivity index (χ0n) is 11.0. The zero-order valence-corrected chi connectivity index (χ0v) is 11.0. The zero-order chi connectivity index (χ0) is 12.4. The smallest absolute Gasteiger partial charge is 0.178 e. The fraction of sp³-hybridized carbons (Fsp3) is 0.643. The Kier molecular flexibility index (Phi) is 3.67. The van der Waals surface area contributed by atoms with Crippen molar-refractivity contribution in [1.82, 2.24) is 9.88 Å². The molecule has 1 fully saturated rings. The Morgan fingerprint density at radius 3 is 2.88 bits per heavy atom. The number of Topliss-reactive ketones (excluding diaryl/α,β-unsaturated/α-hetero) is 1. The van der Waals surface area contributed by atoms with Crippen LogP contribution in [0.1, 0.15) is 47.9 Å². The fourth-order valence-corrected chi connectivity index (χ4v) is 2.85. The number of aromatic nitrogens is 1. The largest absolute Gasteiger partial charge is 0.362 e. The Morgan fingerprint density at radius 2 is 2.29 bits per heavy atom. The highest BCUT2D eigenvalue weighted by atomic mass is 16.1. The molecule has 0 aliphatic carbocycles. The summed E-state index contributed by atoms with van der Waals surface area (Å²) in [6.45, 7) is 7.83. The average molecular weight is 234 g/mol. The lowest BCUT2D eigenvalue weighted by molar-refractivity contribution is 0.0920. The number of hydrogen-bond donors (Lipinski definition) is 1. The van der Waals surface area contributed by atoms with Gasteiger partial charge in [-0.15, -0.1) is 0 Å². The predicted molar refractivity (Wildman–Crippen MR) is 69.5 cm³/mol. The van der Waals surface area contributed by atoms with Crippen molar-refractivity contribution in [1.29, 1.82) is 0 Å². The second-order valence-electron chi connectivity index (χ2n) is 5.09. The predicted octanol–water partition coefficient (Wildman–Crippen LogP) is 2.69. The lowest BCUT2D eigenvalue weighted by atomic mass is 10.1. The van der Waals surface area contributed by atoms with Crippen LogP contribution in [0.4, 0.5) is 0 Å². The van der Waals surface area contributed by atoms with Crippen molar-refractivity contribution in [3.05, 3.63) is 23.0 Å². The summed E-state index contributed by atoms with van der Waals surface area (Å²) in [6.07, 6.45) is 3.63. The Morgan fingerprint density at radius 1 is 1.53 bits per heavy atom. The average Bonchev–Trinajstić information content (AvgIpc) is 2.84. The number of H-pyrrole nitrogens is 1. The number of ketones is 1. The molecule has 1 aliphatic heterocycles. The number of carbonyl (C=O) groups is 1. The van der Waals surface area contributed by atoms with Crippen molar-refractivity contribution >= 4 is 5.78 Å². The maximum absolute atomic E-state index is 12.2. The van der Waals surface area contributed by atoms with E-state index >= 15 is 0 Å². The molecule has 0 radical (unpaired) electrons. The van der Waals surface area contributed by atoms with Crippen LogP contribution in [0, 0.1) is 13.8 Å². The Balaban J connectivity index is 2.04. The van der Waals surface area contributed by atoms with E-state index in [4.69, 9.17) is 0 Å². The van der Waals surface area contributed by atoms with E-state index in [9.17, 15) is 4.79 Å². The van der Waals surface area contributed by atoms with Crippen LogP contribution < -0.4 is 0 Å². The maximum atomic E-state index is 12.2. The van der Waals surface area contributed by atoms with Crippen molar-refractivity contribution in [2.24, 2.45) is 0 Å².